The van der Waals surface area contributed by atoms with Crippen LogP contribution in [0, 0.1) is 28.6 Å². The van der Waals surface area contributed by atoms with Crippen LogP contribution in [0.25, 0.3) is 0 Å². The van der Waals surface area contributed by atoms with E-state index in [1.807, 2.05) is 25.3 Å². The second-order valence-electron chi connectivity index (χ2n) is 11.5. The third-order valence-electron chi connectivity index (χ3n) is 9.40. The lowest BCUT2D eigenvalue weighted by molar-refractivity contribution is -0.123. The van der Waals surface area contributed by atoms with E-state index in [9.17, 15) is 9.59 Å². The van der Waals surface area contributed by atoms with Gasteiger partial charge in [0.05, 0.1) is 5.54 Å². The molecule has 1 aliphatic heterocycles. The molecule has 0 aromatic carbocycles. The van der Waals surface area contributed by atoms with Crippen molar-refractivity contribution in [3.63, 3.8) is 0 Å². The molecule has 3 saturated carbocycles. The highest BCUT2D eigenvalue weighted by molar-refractivity contribution is 7.10. The van der Waals surface area contributed by atoms with E-state index in [1.54, 1.807) is 17.4 Å². The van der Waals surface area contributed by atoms with Crippen LogP contribution in [0.4, 0.5) is 4.79 Å². The lowest BCUT2D eigenvalue weighted by Gasteiger charge is -2.58. The summed E-state index contributed by atoms with van der Waals surface area (Å²) in [6.07, 6.45) is 10.1. The molecule has 6 heteroatoms. The zero-order valence-electron chi connectivity index (χ0n) is 19.6. The summed E-state index contributed by atoms with van der Waals surface area (Å²) in [6, 6.07) is 4.32. The molecule has 0 saturated heterocycles. The predicted molar refractivity (Wildman–Crippen MR) is 126 cm³/mol. The fraction of sp³-hybridized carbons (Fsp3) is 0.692. The molecular weight excluding hydrogens is 420 g/mol. The molecule has 0 bridgehead atoms. The minimum atomic E-state index is -0.438. The first kappa shape index (κ1) is 22.0. The van der Waals surface area contributed by atoms with Crippen LogP contribution in [0.15, 0.2) is 29.7 Å². The van der Waals surface area contributed by atoms with E-state index in [-0.39, 0.29) is 35.0 Å². The van der Waals surface area contributed by atoms with Gasteiger partial charge in [0, 0.05) is 21.7 Å². The third kappa shape index (κ3) is 3.41. The number of amides is 2. The number of carbonyl (C=O) groups excluding carboxylic acids is 2. The highest BCUT2D eigenvalue weighted by Gasteiger charge is 2.60. The third-order valence-corrected chi connectivity index (χ3v) is 10.6. The Morgan fingerprint density at radius 2 is 2.00 bits per heavy atom. The van der Waals surface area contributed by atoms with Crippen LogP contribution < -0.4 is 10.6 Å². The van der Waals surface area contributed by atoms with Crippen molar-refractivity contribution in [3.05, 3.63) is 34.5 Å². The maximum atomic E-state index is 12.9. The molecule has 7 atom stereocenters. The van der Waals surface area contributed by atoms with Crippen LogP contribution in [0.3, 0.4) is 0 Å². The summed E-state index contributed by atoms with van der Waals surface area (Å²) >= 11 is 1.65. The Balaban J connectivity index is 1.29. The molecule has 2 N–H and O–H groups in total. The molecule has 3 aliphatic carbocycles. The number of carbonyl (C=O) groups is 2. The highest BCUT2D eigenvalue weighted by Crippen LogP contribution is 2.63. The zero-order valence-corrected chi connectivity index (χ0v) is 20.5. The Kier molecular flexibility index (Phi) is 5.23. The largest absolute Gasteiger partial charge is 0.446 e. The summed E-state index contributed by atoms with van der Waals surface area (Å²) in [4.78, 5) is 26.0. The van der Waals surface area contributed by atoms with Gasteiger partial charge >= 0.3 is 6.09 Å². The molecule has 0 spiro atoms. The smallest absolute Gasteiger partial charge is 0.408 e. The number of fused-ring (bicyclic) bond motifs is 5. The summed E-state index contributed by atoms with van der Waals surface area (Å²) in [6.45, 7) is 8.76. The summed E-state index contributed by atoms with van der Waals surface area (Å²) in [5.41, 5.74) is -0.359. The van der Waals surface area contributed by atoms with Crippen LogP contribution in [0.1, 0.15) is 71.1 Å². The Morgan fingerprint density at radius 1 is 1.19 bits per heavy atom. The van der Waals surface area contributed by atoms with E-state index in [2.05, 4.69) is 36.6 Å². The van der Waals surface area contributed by atoms with Gasteiger partial charge in [-0.2, -0.15) is 0 Å². The lowest BCUT2D eigenvalue weighted by atomic mass is 9.48. The Hall–Kier alpha value is -1.82. The second-order valence-corrected chi connectivity index (χ2v) is 12.4. The number of thiophene rings is 1. The van der Waals surface area contributed by atoms with Crippen LogP contribution in [0.5, 0.6) is 0 Å². The maximum absolute atomic E-state index is 12.9. The maximum Gasteiger partial charge on any atom is 0.408 e. The Morgan fingerprint density at radius 3 is 2.75 bits per heavy atom. The first-order valence-electron chi connectivity index (χ1n) is 12.2. The van der Waals surface area contributed by atoms with E-state index >= 15 is 0 Å². The van der Waals surface area contributed by atoms with Crippen LogP contribution >= 0.6 is 11.3 Å². The van der Waals surface area contributed by atoms with E-state index in [1.165, 1.54) is 0 Å². The van der Waals surface area contributed by atoms with Gasteiger partial charge in [0.1, 0.15) is 6.10 Å². The van der Waals surface area contributed by atoms with Gasteiger partial charge in [-0.15, -0.1) is 11.3 Å². The molecule has 3 fully saturated rings. The normalized spacial score (nSPS) is 40.6. The zero-order chi connectivity index (χ0) is 22.7. The average molecular weight is 457 g/mol. The monoisotopic (exact) mass is 456 g/mol. The van der Waals surface area contributed by atoms with Gasteiger partial charge in [0.15, 0.2) is 0 Å². The van der Waals surface area contributed by atoms with Gasteiger partial charge in [-0.1, -0.05) is 26.0 Å². The molecular formula is C26H36N2O3S. The van der Waals surface area contributed by atoms with Gasteiger partial charge < -0.3 is 15.4 Å². The van der Waals surface area contributed by atoms with Crippen molar-refractivity contribution >= 4 is 23.3 Å². The Labute approximate surface area is 195 Å². The molecule has 0 unspecified atom stereocenters. The van der Waals surface area contributed by atoms with E-state index in [0.29, 0.717) is 17.8 Å². The van der Waals surface area contributed by atoms with E-state index in [0.717, 1.165) is 43.4 Å². The van der Waals surface area contributed by atoms with Crippen molar-refractivity contribution in [3.8, 4) is 0 Å². The van der Waals surface area contributed by atoms with Crippen molar-refractivity contribution in [2.24, 2.45) is 28.6 Å². The molecule has 1 aromatic heterocycles. The van der Waals surface area contributed by atoms with Crippen molar-refractivity contribution < 1.29 is 14.3 Å². The second kappa shape index (κ2) is 7.61. The number of nitrogens with one attached hydrogen (secondary N) is 2. The van der Waals surface area contributed by atoms with Crippen LogP contribution in [0.2, 0.25) is 0 Å². The van der Waals surface area contributed by atoms with Gasteiger partial charge in [-0.25, -0.2) is 4.79 Å². The van der Waals surface area contributed by atoms with Gasteiger partial charge in [0.2, 0.25) is 5.91 Å². The molecule has 174 valence electrons. The minimum Gasteiger partial charge on any atom is -0.446 e. The number of ether oxygens (including phenoxy) is 1. The summed E-state index contributed by atoms with van der Waals surface area (Å²) < 4.78 is 6.13. The molecule has 5 nitrogen and oxygen atoms in total. The number of hydrogen-bond acceptors (Lipinski definition) is 4. The van der Waals surface area contributed by atoms with Crippen molar-refractivity contribution in [1.29, 1.82) is 0 Å². The SMILES string of the molecule is CC(C)(NC(=O)O[C@H]1CC[C@H]2[C@@H]3CC[C@H]4NC(=O)C=C[C@]4(C)[C@H]3CC[C@]12C)c1cccs1. The average Bonchev–Trinajstić information content (AvgIpc) is 3.37. The molecule has 32 heavy (non-hydrogen) atoms. The predicted octanol–water partition coefficient (Wildman–Crippen LogP) is 5.38. The summed E-state index contributed by atoms with van der Waals surface area (Å²) in [5, 5.41) is 8.36. The van der Waals surface area contributed by atoms with Crippen LogP contribution in [-0.4, -0.2) is 24.1 Å². The van der Waals surface area contributed by atoms with E-state index < -0.39 is 5.54 Å². The van der Waals surface area contributed by atoms with Gasteiger partial charge in [0.25, 0.3) is 0 Å². The summed E-state index contributed by atoms with van der Waals surface area (Å²) in [7, 11) is 0. The molecule has 2 amide bonds. The quantitative estimate of drug-likeness (QED) is 0.642. The minimum absolute atomic E-state index is 0.0280. The molecule has 1 aromatic rings. The lowest BCUT2D eigenvalue weighted by Crippen LogP contribution is -2.59. The number of hydrogen-bond donors (Lipinski definition) is 2. The fourth-order valence-corrected chi connectivity index (χ4v) is 8.40. The molecule has 5 rings (SSSR count). The topological polar surface area (TPSA) is 67.4 Å². The standard InChI is InChI=1S/C26H36N2O3S/c1-24(2,21-6-5-15-32-21)28-23(30)31-20-10-8-17-16-7-9-19-25(3,14-12-22(29)27-19)18(16)11-13-26(17,20)4/h5-6,12,14-20H,7-11,13H2,1-4H3,(H,27,29)(H,28,30)/t16-,17-,18-,19+,20-,25+,26-/m0/s1. The fourth-order valence-electron chi connectivity index (χ4n) is 7.59. The van der Waals surface area contributed by atoms with E-state index in [4.69, 9.17) is 4.74 Å². The van der Waals surface area contributed by atoms with Crippen molar-refractivity contribution in [1.82, 2.24) is 10.6 Å². The molecule has 0 radical (unpaired) electrons. The molecule has 2 heterocycles. The van der Waals surface area contributed by atoms with Crippen LogP contribution in [-0.2, 0) is 15.1 Å². The van der Waals surface area contributed by atoms with Crippen molar-refractivity contribution in [2.75, 3.05) is 0 Å². The first-order chi connectivity index (χ1) is 15.1. The summed E-state index contributed by atoms with van der Waals surface area (Å²) in [5.74, 6) is 1.85. The van der Waals surface area contributed by atoms with Gasteiger partial charge in [-0.3, -0.25) is 4.79 Å². The first-order valence-corrected chi connectivity index (χ1v) is 13.0. The number of rotatable bonds is 3. The number of alkyl carbamates (subject to hydrolysis) is 1. The van der Waals surface area contributed by atoms with Crippen molar-refractivity contribution in [2.45, 2.75) is 83.9 Å². The molecule has 4 aliphatic rings. The Bertz CT molecular complexity index is 926. The van der Waals surface area contributed by atoms with Gasteiger partial charge in [-0.05, 0) is 87.6 Å². The highest BCUT2D eigenvalue weighted by atomic mass is 32.1.